The SMILES string of the molecule is CCOC(=O)c1c(CNCc2cncs2)[nH]c(C(=O)OC(C)(C)C)c1CC. The van der Waals surface area contributed by atoms with Crippen LogP contribution in [-0.4, -0.2) is 34.1 Å². The number of nitrogens with one attached hydrogen (secondary N) is 2. The van der Waals surface area contributed by atoms with Gasteiger partial charge in [-0.05, 0) is 39.7 Å². The van der Waals surface area contributed by atoms with Crippen molar-refractivity contribution in [1.82, 2.24) is 15.3 Å². The molecule has 8 heteroatoms. The van der Waals surface area contributed by atoms with Crippen molar-refractivity contribution in [3.63, 3.8) is 0 Å². The second-order valence-electron chi connectivity index (χ2n) is 6.98. The fourth-order valence-corrected chi connectivity index (χ4v) is 3.24. The molecule has 0 unspecified atom stereocenters. The van der Waals surface area contributed by atoms with Gasteiger partial charge in [-0.25, -0.2) is 9.59 Å². The van der Waals surface area contributed by atoms with Crippen molar-refractivity contribution in [3.05, 3.63) is 39.1 Å². The Kier molecular flexibility index (Phi) is 7.15. The molecule has 2 aromatic rings. The van der Waals surface area contributed by atoms with E-state index in [-0.39, 0.29) is 6.61 Å². The van der Waals surface area contributed by atoms with Crippen LogP contribution in [0.25, 0.3) is 0 Å². The van der Waals surface area contributed by atoms with E-state index in [4.69, 9.17) is 9.47 Å². The first-order chi connectivity index (χ1) is 12.8. The lowest BCUT2D eigenvalue weighted by molar-refractivity contribution is 0.00622. The fraction of sp³-hybridized carbons (Fsp3) is 0.526. The van der Waals surface area contributed by atoms with Gasteiger partial charge in [0.25, 0.3) is 0 Å². The van der Waals surface area contributed by atoms with Crippen LogP contribution in [0.15, 0.2) is 11.7 Å². The number of carbonyl (C=O) groups is 2. The molecule has 0 saturated heterocycles. The van der Waals surface area contributed by atoms with Crippen molar-refractivity contribution < 1.29 is 19.1 Å². The zero-order valence-electron chi connectivity index (χ0n) is 16.5. The highest BCUT2D eigenvalue weighted by molar-refractivity contribution is 7.09. The number of rotatable bonds is 8. The summed E-state index contributed by atoms with van der Waals surface area (Å²) in [6.07, 6.45) is 2.30. The molecule has 0 fully saturated rings. The average molecular weight is 394 g/mol. The number of nitrogens with zero attached hydrogens (tertiary/aromatic N) is 1. The minimum Gasteiger partial charge on any atom is -0.462 e. The lowest BCUT2D eigenvalue weighted by Gasteiger charge is -2.19. The van der Waals surface area contributed by atoms with E-state index in [0.29, 0.717) is 42.0 Å². The number of thiazole rings is 1. The van der Waals surface area contributed by atoms with E-state index in [1.54, 1.807) is 30.0 Å². The molecule has 0 spiro atoms. The molecular formula is C19H27N3O4S. The topological polar surface area (TPSA) is 93.3 Å². The van der Waals surface area contributed by atoms with Crippen LogP contribution in [0.5, 0.6) is 0 Å². The van der Waals surface area contributed by atoms with Crippen LogP contribution in [0.1, 0.15) is 71.6 Å². The Morgan fingerprint density at radius 1 is 1.22 bits per heavy atom. The maximum atomic E-state index is 12.6. The highest BCUT2D eigenvalue weighted by atomic mass is 32.1. The number of esters is 2. The Bertz CT molecular complexity index is 776. The van der Waals surface area contributed by atoms with E-state index in [1.807, 2.05) is 27.7 Å². The molecule has 2 heterocycles. The van der Waals surface area contributed by atoms with Crippen LogP contribution in [0.4, 0.5) is 0 Å². The summed E-state index contributed by atoms with van der Waals surface area (Å²) < 4.78 is 10.7. The quantitative estimate of drug-likeness (QED) is 0.667. The molecule has 0 bridgehead atoms. The minimum absolute atomic E-state index is 0.267. The summed E-state index contributed by atoms with van der Waals surface area (Å²) in [5.41, 5.74) is 3.11. The maximum absolute atomic E-state index is 12.6. The summed E-state index contributed by atoms with van der Waals surface area (Å²) >= 11 is 1.55. The van der Waals surface area contributed by atoms with Crippen LogP contribution in [0.3, 0.4) is 0 Å². The van der Waals surface area contributed by atoms with E-state index >= 15 is 0 Å². The molecule has 0 atom stereocenters. The van der Waals surface area contributed by atoms with Gasteiger partial charge in [0.15, 0.2) is 0 Å². The lowest BCUT2D eigenvalue weighted by atomic mass is 10.1. The van der Waals surface area contributed by atoms with E-state index in [1.165, 1.54) is 0 Å². The predicted octanol–water partition coefficient (Wildman–Crippen LogP) is 3.46. The normalized spacial score (nSPS) is 11.4. The number of aromatic nitrogens is 2. The number of hydrogen-bond acceptors (Lipinski definition) is 7. The second kappa shape index (κ2) is 9.14. The van der Waals surface area contributed by atoms with Crippen molar-refractivity contribution in [2.75, 3.05) is 6.61 Å². The summed E-state index contributed by atoms with van der Waals surface area (Å²) in [5, 5.41) is 3.27. The summed E-state index contributed by atoms with van der Waals surface area (Å²) in [5.74, 6) is -0.909. The zero-order valence-corrected chi connectivity index (χ0v) is 17.3. The number of aromatic amines is 1. The van der Waals surface area contributed by atoms with Crippen LogP contribution >= 0.6 is 11.3 Å². The zero-order chi connectivity index (χ0) is 20.0. The molecule has 0 aliphatic rings. The first-order valence-corrected chi connectivity index (χ1v) is 9.87. The average Bonchev–Trinajstić information content (AvgIpc) is 3.20. The summed E-state index contributed by atoms with van der Waals surface area (Å²) in [6, 6.07) is 0. The van der Waals surface area contributed by atoms with Gasteiger partial charge in [-0.15, -0.1) is 11.3 Å². The van der Waals surface area contributed by atoms with Gasteiger partial charge in [-0.1, -0.05) is 6.92 Å². The minimum atomic E-state index is -0.623. The van der Waals surface area contributed by atoms with Gasteiger partial charge >= 0.3 is 11.9 Å². The van der Waals surface area contributed by atoms with Crippen molar-refractivity contribution in [3.8, 4) is 0 Å². The van der Waals surface area contributed by atoms with Gasteiger partial charge in [-0.3, -0.25) is 4.98 Å². The fourth-order valence-electron chi connectivity index (χ4n) is 2.68. The number of H-pyrrole nitrogens is 1. The molecule has 0 aliphatic carbocycles. The molecule has 2 rings (SSSR count). The largest absolute Gasteiger partial charge is 0.462 e. The van der Waals surface area contributed by atoms with Crippen LogP contribution in [0, 0.1) is 0 Å². The number of hydrogen-bond donors (Lipinski definition) is 2. The highest BCUT2D eigenvalue weighted by Gasteiger charge is 2.28. The van der Waals surface area contributed by atoms with E-state index in [2.05, 4.69) is 15.3 Å². The van der Waals surface area contributed by atoms with Crippen molar-refractivity contribution >= 4 is 23.3 Å². The summed E-state index contributed by atoms with van der Waals surface area (Å²) in [6.45, 7) is 10.4. The molecule has 0 saturated carbocycles. The van der Waals surface area contributed by atoms with E-state index in [9.17, 15) is 9.59 Å². The molecule has 0 radical (unpaired) electrons. The molecule has 148 valence electrons. The molecule has 7 nitrogen and oxygen atoms in total. The second-order valence-corrected chi connectivity index (χ2v) is 7.95. The molecule has 2 aromatic heterocycles. The van der Waals surface area contributed by atoms with Gasteiger partial charge < -0.3 is 19.8 Å². The number of ether oxygens (including phenoxy) is 2. The van der Waals surface area contributed by atoms with E-state index < -0.39 is 17.5 Å². The highest BCUT2D eigenvalue weighted by Crippen LogP contribution is 2.24. The van der Waals surface area contributed by atoms with Gasteiger partial charge in [0.2, 0.25) is 0 Å². The third-order valence-corrected chi connectivity index (χ3v) is 4.48. The molecule has 0 aromatic carbocycles. The van der Waals surface area contributed by atoms with Gasteiger partial charge in [-0.2, -0.15) is 0 Å². The molecule has 27 heavy (non-hydrogen) atoms. The predicted molar refractivity (Wildman–Crippen MR) is 104 cm³/mol. The van der Waals surface area contributed by atoms with Crippen molar-refractivity contribution in [1.29, 1.82) is 0 Å². The van der Waals surface area contributed by atoms with Gasteiger partial charge in [0.05, 0.1) is 17.7 Å². The summed E-state index contributed by atoms with van der Waals surface area (Å²) in [7, 11) is 0. The van der Waals surface area contributed by atoms with Crippen molar-refractivity contribution in [2.45, 2.75) is 59.7 Å². The standard InChI is InChI=1S/C19H27N3O4S/c1-6-13-15(17(23)25-7-2)14(10-20-8-12-9-21-11-27-12)22-16(13)18(24)26-19(3,4)5/h9,11,20,22H,6-8,10H2,1-5H3. The first kappa shape index (κ1) is 21.1. The Hall–Kier alpha value is -2.19. The molecule has 2 N–H and O–H groups in total. The Morgan fingerprint density at radius 2 is 1.96 bits per heavy atom. The van der Waals surface area contributed by atoms with Gasteiger partial charge in [0, 0.05) is 29.9 Å². The molecular weight excluding hydrogens is 366 g/mol. The number of carbonyl (C=O) groups excluding carboxylic acids is 2. The lowest BCUT2D eigenvalue weighted by Crippen LogP contribution is -2.24. The monoisotopic (exact) mass is 393 g/mol. The van der Waals surface area contributed by atoms with E-state index in [0.717, 1.165) is 4.88 Å². The van der Waals surface area contributed by atoms with Crippen LogP contribution < -0.4 is 5.32 Å². The third-order valence-electron chi connectivity index (χ3n) is 3.70. The summed E-state index contributed by atoms with van der Waals surface area (Å²) in [4.78, 5) is 33.4. The van der Waals surface area contributed by atoms with Crippen LogP contribution in [0.2, 0.25) is 0 Å². The smallest absolute Gasteiger partial charge is 0.355 e. The van der Waals surface area contributed by atoms with Crippen molar-refractivity contribution in [2.24, 2.45) is 0 Å². The third kappa shape index (κ3) is 5.64. The van der Waals surface area contributed by atoms with Gasteiger partial charge in [0.1, 0.15) is 11.3 Å². The Balaban J connectivity index is 2.31. The van der Waals surface area contributed by atoms with Crippen LogP contribution in [-0.2, 0) is 29.0 Å². The Labute approximate surface area is 163 Å². The first-order valence-electron chi connectivity index (χ1n) is 8.99. The maximum Gasteiger partial charge on any atom is 0.355 e. The molecule has 0 amide bonds. The molecule has 0 aliphatic heterocycles. The Morgan fingerprint density at radius 3 is 2.52 bits per heavy atom.